The van der Waals surface area contributed by atoms with Crippen molar-refractivity contribution in [1.82, 2.24) is 10.1 Å². The van der Waals surface area contributed by atoms with Gasteiger partial charge in [-0.1, -0.05) is 34.8 Å². The maximum Gasteiger partial charge on any atom is 0.261 e. The molecule has 0 bridgehead atoms. The molecule has 6 heteroatoms. The van der Waals surface area contributed by atoms with Crippen molar-refractivity contribution in [3.05, 3.63) is 28.0 Å². The van der Waals surface area contributed by atoms with Crippen molar-refractivity contribution in [1.29, 1.82) is 0 Å². The summed E-state index contributed by atoms with van der Waals surface area (Å²) in [6.45, 7) is 0. The third kappa shape index (κ3) is 1.85. The fraction of sp³-hybridized carbons (Fsp3) is 0.333. The Morgan fingerprint density at radius 2 is 1.94 bits per heavy atom. The molecule has 0 unspecified atom stereocenters. The molecule has 0 spiro atoms. The molecule has 18 heavy (non-hydrogen) atoms. The van der Waals surface area contributed by atoms with Gasteiger partial charge >= 0.3 is 0 Å². The number of nitrogens with zero attached hydrogens (tertiary/aromatic N) is 2. The van der Waals surface area contributed by atoms with E-state index in [2.05, 4.69) is 10.1 Å². The monoisotopic (exact) mass is 283 g/mol. The summed E-state index contributed by atoms with van der Waals surface area (Å²) in [4.78, 5) is 4.36. The van der Waals surface area contributed by atoms with E-state index in [1.807, 2.05) is 0 Å². The molecule has 2 N–H and O–H groups in total. The van der Waals surface area contributed by atoms with E-state index in [0.29, 0.717) is 33.1 Å². The fourth-order valence-electron chi connectivity index (χ4n) is 1.95. The second-order valence-corrected chi connectivity index (χ2v) is 5.22. The average molecular weight is 284 g/mol. The van der Waals surface area contributed by atoms with Crippen LogP contribution in [0.2, 0.25) is 10.0 Å². The molecular formula is C12H11Cl2N3O. The average Bonchev–Trinajstić information content (AvgIpc) is 2.71. The van der Waals surface area contributed by atoms with Crippen molar-refractivity contribution in [2.45, 2.75) is 25.2 Å². The Kier molecular flexibility index (Phi) is 2.92. The molecule has 1 aliphatic rings. The van der Waals surface area contributed by atoms with Gasteiger partial charge in [0.1, 0.15) is 0 Å². The zero-order valence-electron chi connectivity index (χ0n) is 9.49. The molecule has 1 aromatic carbocycles. The van der Waals surface area contributed by atoms with Gasteiger partial charge in [-0.15, -0.1) is 0 Å². The Labute approximate surface area is 114 Å². The maximum atomic E-state index is 6.11. The number of anilines is 1. The van der Waals surface area contributed by atoms with Gasteiger partial charge in [0, 0.05) is 5.92 Å². The molecule has 1 heterocycles. The quantitative estimate of drug-likeness (QED) is 0.849. The summed E-state index contributed by atoms with van der Waals surface area (Å²) in [6.07, 6.45) is 3.43. The Balaban J connectivity index is 2.04. The predicted molar refractivity (Wildman–Crippen MR) is 70.8 cm³/mol. The largest absolute Gasteiger partial charge is 0.397 e. The summed E-state index contributed by atoms with van der Waals surface area (Å²) >= 11 is 12.1. The Morgan fingerprint density at radius 1 is 1.22 bits per heavy atom. The molecule has 0 amide bonds. The first-order valence-corrected chi connectivity index (χ1v) is 6.50. The first kappa shape index (κ1) is 11.8. The first-order chi connectivity index (χ1) is 8.66. The normalized spacial score (nSPS) is 15.7. The van der Waals surface area contributed by atoms with Crippen LogP contribution in [0.5, 0.6) is 0 Å². The van der Waals surface area contributed by atoms with E-state index in [0.717, 1.165) is 18.7 Å². The van der Waals surface area contributed by atoms with E-state index in [1.54, 1.807) is 12.1 Å². The maximum absolute atomic E-state index is 6.11. The van der Waals surface area contributed by atoms with Crippen LogP contribution in [0.25, 0.3) is 11.5 Å². The molecule has 0 radical (unpaired) electrons. The highest BCUT2D eigenvalue weighted by Crippen LogP contribution is 2.39. The van der Waals surface area contributed by atoms with Gasteiger partial charge in [-0.25, -0.2) is 0 Å². The zero-order chi connectivity index (χ0) is 12.7. The third-order valence-electron chi connectivity index (χ3n) is 3.27. The number of nitrogen functional groups attached to an aromatic ring is 1. The third-order valence-corrected chi connectivity index (χ3v) is 3.91. The van der Waals surface area contributed by atoms with E-state index in [1.165, 1.54) is 6.42 Å². The Morgan fingerprint density at radius 3 is 2.61 bits per heavy atom. The lowest BCUT2D eigenvalue weighted by Crippen LogP contribution is -2.10. The van der Waals surface area contributed by atoms with Crippen molar-refractivity contribution >= 4 is 28.9 Å². The number of halogens is 2. The summed E-state index contributed by atoms with van der Waals surface area (Å²) in [6, 6.07) is 3.31. The first-order valence-electron chi connectivity index (χ1n) is 5.74. The van der Waals surface area contributed by atoms with Crippen LogP contribution in [-0.4, -0.2) is 10.1 Å². The standard InChI is InChI=1S/C12H11Cl2N3O/c13-7-4-5-8(14)10(15)9(7)12-16-11(17-18-12)6-2-1-3-6/h4-6H,1-3,15H2. The second-order valence-electron chi connectivity index (χ2n) is 4.40. The van der Waals surface area contributed by atoms with Crippen LogP contribution in [0.4, 0.5) is 5.69 Å². The van der Waals surface area contributed by atoms with Gasteiger partial charge in [0.05, 0.1) is 21.3 Å². The van der Waals surface area contributed by atoms with Gasteiger partial charge in [0.2, 0.25) is 0 Å². The molecule has 1 aromatic heterocycles. The van der Waals surface area contributed by atoms with E-state index >= 15 is 0 Å². The summed E-state index contributed by atoms with van der Waals surface area (Å²) in [7, 11) is 0. The van der Waals surface area contributed by atoms with Crippen LogP contribution in [0, 0.1) is 0 Å². The van der Waals surface area contributed by atoms with E-state index < -0.39 is 0 Å². The Hall–Kier alpha value is -1.26. The topological polar surface area (TPSA) is 64.9 Å². The fourth-order valence-corrected chi connectivity index (χ4v) is 2.36. The van der Waals surface area contributed by atoms with Crippen molar-refractivity contribution in [3.8, 4) is 11.5 Å². The SMILES string of the molecule is Nc1c(Cl)ccc(Cl)c1-c1nc(C2CCC2)no1. The smallest absolute Gasteiger partial charge is 0.261 e. The van der Waals surface area contributed by atoms with Crippen LogP contribution in [0.3, 0.4) is 0 Å². The van der Waals surface area contributed by atoms with Crippen molar-refractivity contribution in [3.63, 3.8) is 0 Å². The van der Waals surface area contributed by atoms with E-state index in [-0.39, 0.29) is 0 Å². The van der Waals surface area contributed by atoms with Gasteiger partial charge < -0.3 is 10.3 Å². The highest BCUT2D eigenvalue weighted by Gasteiger charge is 2.26. The van der Waals surface area contributed by atoms with E-state index in [4.69, 9.17) is 33.5 Å². The van der Waals surface area contributed by atoms with Gasteiger partial charge in [0.15, 0.2) is 5.82 Å². The minimum atomic E-state index is 0.335. The lowest BCUT2D eigenvalue weighted by Gasteiger charge is -2.20. The second kappa shape index (κ2) is 4.44. The molecule has 0 aliphatic heterocycles. The van der Waals surface area contributed by atoms with Crippen molar-refractivity contribution in [2.24, 2.45) is 0 Å². The number of rotatable bonds is 2. The number of hydrogen-bond acceptors (Lipinski definition) is 4. The van der Waals surface area contributed by atoms with Crippen LogP contribution >= 0.6 is 23.2 Å². The molecule has 94 valence electrons. The van der Waals surface area contributed by atoms with Crippen LogP contribution in [0.15, 0.2) is 16.7 Å². The highest BCUT2D eigenvalue weighted by atomic mass is 35.5. The molecule has 2 aromatic rings. The van der Waals surface area contributed by atoms with Crippen LogP contribution in [0.1, 0.15) is 31.0 Å². The van der Waals surface area contributed by atoms with Crippen LogP contribution in [-0.2, 0) is 0 Å². The minimum absolute atomic E-state index is 0.335. The number of aromatic nitrogens is 2. The zero-order valence-corrected chi connectivity index (χ0v) is 11.0. The van der Waals surface area contributed by atoms with Gasteiger partial charge in [-0.2, -0.15) is 4.98 Å². The summed E-state index contributed by atoms with van der Waals surface area (Å²) in [5, 5.41) is 4.87. The predicted octanol–water partition coefficient (Wildman–Crippen LogP) is 3.89. The molecule has 0 atom stereocenters. The molecule has 0 saturated heterocycles. The molecule has 1 saturated carbocycles. The van der Waals surface area contributed by atoms with Gasteiger partial charge in [-0.3, -0.25) is 0 Å². The molecule has 1 aliphatic carbocycles. The van der Waals surface area contributed by atoms with Crippen molar-refractivity contribution < 1.29 is 4.52 Å². The lowest BCUT2D eigenvalue weighted by atomic mass is 9.85. The van der Waals surface area contributed by atoms with Crippen LogP contribution < -0.4 is 5.73 Å². The molecule has 3 rings (SSSR count). The molecule has 4 nitrogen and oxygen atoms in total. The number of nitrogens with two attached hydrogens (primary N) is 1. The minimum Gasteiger partial charge on any atom is -0.397 e. The highest BCUT2D eigenvalue weighted by molar-refractivity contribution is 6.37. The van der Waals surface area contributed by atoms with Crippen molar-refractivity contribution in [2.75, 3.05) is 5.73 Å². The number of benzene rings is 1. The molecule has 1 fully saturated rings. The van der Waals surface area contributed by atoms with E-state index in [9.17, 15) is 0 Å². The summed E-state index contributed by atoms with van der Waals surface area (Å²) < 4.78 is 5.24. The summed E-state index contributed by atoms with van der Waals surface area (Å²) in [5.41, 5.74) is 6.79. The van der Waals surface area contributed by atoms with Gasteiger partial charge in [-0.05, 0) is 25.0 Å². The Bertz CT molecular complexity index is 593. The molecular weight excluding hydrogens is 273 g/mol. The summed E-state index contributed by atoms with van der Waals surface area (Å²) in [5.74, 6) is 1.47. The lowest BCUT2D eigenvalue weighted by molar-refractivity contribution is 0.366. The van der Waals surface area contributed by atoms with Gasteiger partial charge in [0.25, 0.3) is 5.89 Å². The number of hydrogen-bond donors (Lipinski definition) is 1.